The number of likely N-dealkylation sites (tertiary alicyclic amines) is 1. The van der Waals surface area contributed by atoms with E-state index < -0.39 is 0 Å². The van der Waals surface area contributed by atoms with Crippen LogP contribution in [0.15, 0.2) is 18.3 Å². The molecule has 0 spiro atoms. The number of fused-ring (bicyclic) bond motifs is 1. The normalized spacial score (nSPS) is 19.9. The van der Waals surface area contributed by atoms with E-state index in [2.05, 4.69) is 16.4 Å². The predicted molar refractivity (Wildman–Crippen MR) is 111 cm³/mol. The van der Waals surface area contributed by atoms with Gasteiger partial charge in [-0.3, -0.25) is 9.59 Å². The minimum atomic E-state index is -0.0443. The monoisotopic (exact) mass is 397 g/mol. The van der Waals surface area contributed by atoms with E-state index in [4.69, 9.17) is 5.10 Å². The second-order valence-corrected chi connectivity index (χ2v) is 8.48. The Morgan fingerprint density at radius 3 is 2.86 bits per heavy atom. The number of hydrogen-bond donors (Lipinski definition) is 1. The van der Waals surface area contributed by atoms with Gasteiger partial charge in [0.15, 0.2) is 5.65 Å². The fourth-order valence-electron chi connectivity index (χ4n) is 4.82. The van der Waals surface area contributed by atoms with Crippen LogP contribution in [0, 0.1) is 5.92 Å². The van der Waals surface area contributed by atoms with Crippen molar-refractivity contribution in [2.24, 2.45) is 5.92 Å². The number of hydrogen-bond acceptors (Lipinski definition) is 4. The Kier molecular flexibility index (Phi) is 6.11. The van der Waals surface area contributed by atoms with Crippen LogP contribution in [0.2, 0.25) is 0 Å². The van der Waals surface area contributed by atoms with Crippen LogP contribution in [0.25, 0.3) is 11.0 Å². The Morgan fingerprint density at radius 1 is 1.24 bits per heavy atom. The molecule has 0 aromatic carbocycles. The number of pyridine rings is 1. The van der Waals surface area contributed by atoms with Crippen molar-refractivity contribution in [1.82, 2.24) is 25.0 Å². The molecule has 0 radical (unpaired) electrons. The quantitative estimate of drug-likeness (QED) is 0.779. The number of aromatic nitrogens is 3. The lowest BCUT2D eigenvalue weighted by Gasteiger charge is -2.17. The first-order valence-corrected chi connectivity index (χ1v) is 11.0. The van der Waals surface area contributed by atoms with Crippen LogP contribution in [0.3, 0.4) is 0 Å². The highest BCUT2D eigenvalue weighted by Crippen LogP contribution is 2.33. The van der Waals surface area contributed by atoms with E-state index in [1.165, 1.54) is 32.6 Å². The molecule has 7 nitrogen and oxygen atoms in total. The van der Waals surface area contributed by atoms with Crippen molar-refractivity contribution in [3.8, 4) is 0 Å². The van der Waals surface area contributed by atoms with Crippen LogP contribution in [0.1, 0.15) is 63.5 Å². The van der Waals surface area contributed by atoms with Crippen LogP contribution in [0.4, 0.5) is 0 Å². The van der Waals surface area contributed by atoms with Gasteiger partial charge in [-0.05, 0) is 30.9 Å². The number of rotatable bonds is 7. The maximum absolute atomic E-state index is 12.7. The number of nitrogens with zero attached hydrogens (tertiary/aromatic N) is 4. The summed E-state index contributed by atoms with van der Waals surface area (Å²) in [6.45, 7) is 4.19. The Morgan fingerprint density at radius 2 is 2.07 bits per heavy atom. The minimum absolute atomic E-state index is 0.0443. The summed E-state index contributed by atoms with van der Waals surface area (Å²) < 4.78 is 1.88. The lowest BCUT2D eigenvalue weighted by Crippen LogP contribution is -2.28. The summed E-state index contributed by atoms with van der Waals surface area (Å²) in [4.78, 5) is 30.4. The summed E-state index contributed by atoms with van der Waals surface area (Å²) >= 11 is 0. The molecule has 1 aliphatic carbocycles. The van der Waals surface area contributed by atoms with E-state index in [0.717, 1.165) is 48.6 Å². The number of amides is 2. The largest absolute Gasteiger partial charge is 0.354 e. The molecule has 1 unspecified atom stereocenters. The van der Waals surface area contributed by atoms with Crippen molar-refractivity contribution in [3.05, 3.63) is 24.0 Å². The number of carbonyl (C=O) groups excluding carboxylic acids is 2. The average Bonchev–Trinajstić information content (AvgIpc) is 3.46. The van der Waals surface area contributed by atoms with Gasteiger partial charge < -0.3 is 10.2 Å². The molecule has 29 heavy (non-hydrogen) atoms. The minimum Gasteiger partial charge on any atom is -0.354 e. The van der Waals surface area contributed by atoms with Crippen LogP contribution in [-0.2, 0) is 16.1 Å². The van der Waals surface area contributed by atoms with Gasteiger partial charge in [0, 0.05) is 50.5 Å². The predicted octanol–water partition coefficient (Wildman–Crippen LogP) is 2.85. The van der Waals surface area contributed by atoms with Crippen molar-refractivity contribution in [1.29, 1.82) is 0 Å². The molecule has 2 amide bonds. The zero-order valence-corrected chi connectivity index (χ0v) is 17.3. The topological polar surface area (TPSA) is 80.1 Å². The average molecular weight is 398 g/mol. The van der Waals surface area contributed by atoms with Gasteiger partial charge in [-0.15, -0.1) is 0 Å². The summed E-state index contributed by atoms with van der Waals surface area (Å²) in [5.74, 6) is 1.26. The maximum atomic E-state index is 12.7. The van der Waals surface area contributed by atoms with E-state index in [1.807, 2.05) is 15.6 Å². The first kappa shape index (κ1) is 19.9. The van der Waals surface area contributed by atoms with E-state index >= 15 is 0 Å². The van der Waals surface area contributed by atoms with Gasteiger partial charge in [-0.25, -0.2) is 9.67 Å². The van der Waals surface area contributed by atoms with Gasteiger partial charge in [0.25, 0.3) is 0 Å². The SMILES string of the molecule is CC(=O)NCCn1nc(C2CCN(C(=O)CCC3CCCC3)C2)c2cccnc21. The molecule has 2 aliphatic rings. The molecule has 156 valence electrons. The molecule has 7 heteroatoms. The fourth-order valence-corrected chi connectivity index (χ4v) is 4.82. The van der Waals surface area contributed by atoms with E-state index in [-0.39, 0.29) is 11.8 Å². The molecule has 0 bridgehead atoms. The van der Waals surface area contributed by atoms with Gasteiger partial charge in [0.2, 0.25) is 11.8 Å². The molecular formula is C22H31N5O2. The van der Waals surface area contributed by atoms with Crippen molar-refractivity contribution >= 4 is 22.8 Å². The molecule has 1 atom stereocenters. The lowest BCUT2D eigenvalue weighted by molar-refractivity contribution is -0.130. The van der Waals surface area contributed by atoms with E-state index in [1.54, 1.807) is 6.20 Å². The Balaban J connectivity index is 1.41. The third-order valence-corrected chi connectivity index (χ3v) is 6.40. The van der Waals surface area contributed by atoms with E-state index in [9.17, 15) is 9.59 Å². The molecule has 2 aromatic rings. The van der Waals surface area contributed by atoms with Gasteiger partial charge in [0.05, 0.1) is 12.2 Å². The second kappa shape index (κ2) is 8.93. The maximum Gasteiger partial charge on any atom is 0.222 e. The summed E-state index contributed by atoms with van der Waals surface area (Å²) in [6.07, 6.45) is 9.70. The van der Waals surface area contributed by atoms with Gasteiger partial charge in [-0.1, -0.05) is 25.7 Å². The summed E-state index contributed by atoms with van der Waals surface area (Å²) in [7, 11) is 0. The fraction of sp³-hybridized carbons (Fsp3) is 0.636. The van der Waals surface area contributed by atoms with E-state index in [0.29, 0.717) is 25.4 Å². The molecule has 3 heterocycles. The number of carbonyl (C=O) groups is 2. The van der Waals surface area contributed by atoms with Crippen LogP contribution >= 0.6 is 0 Å². The molecule has 2 fully saturated rings. The Labute approximate surface area is 171 Å². The Hall–Kier alpha value is -2.44. The molecule has 4 rings (SSSR count). The van der Waals surface area contributed by atoms with Gasteiger partial charge in [0.1, 0.15) is 0 Å². The first-order valence-electron chi connectivity index (χ1n) is 11.0. The van der Waals surface area contributed by atoms with Crippen LogP contribution in [-0.4, -0.2) is 51.1 Å². The Bertz CT molecular complexity index is 871. The second-order valence-electron chi connectivity index (χ2n) is 8.48. The molecule has 1 N–H and O–H groups in total. The number of nitrogens with one attached hydrogen (secondary N) is 1. The summed E-state index contributed by atoms with van der Waals surface area (Å²) in [5, 5.41) is 8.71. The molecular weight excluding hydrogens is 366 g/mol. The molecule has 1 aliphatic heterocycles. The van der Waals surface area contributed by atoms with Gasteiger partial charge >= 0.3 is 0 Å². The molecule has 2 aromatic heterocycles. The molecule has 1 saturated carbocycles. The molecule has 1 saturated heterocycles. The zero-order valence-electron chi connectivity index (χ0n) is 17.3. The van der Waals surface area contributed by atoms with Crippen molar-refractivity contribution in [2.75, 3.05) is 19.6 Å². The highest BCUT2D eigenvalue weighted by Gasteiger charge is 2.31. The smallest absolute Gasteiger partial charge is 0.222 e. The highest BCUT2D eigenvalue weighted by molar-refractivity contribution is 5.80. The lowest BCUT2D eigenvalue weighted by atomic mass is 10.0. The zero-order chi connectivity index (χ0) is 20.2. The van der Waals surface area contributed by atoms with Crippen molar-refractivity contribution in [2.45, 2.75) is 64.3 Å². The van der Waals surface area contributed by atoms with Crippen LogP contribution in [0.5, 0.6) is 0 Å². The standard InChI is InChI=1S/C22H31N5O2/c1-16(28)23-12-14-27-22-19(7-4-11-24-22)21(25-27)18-10-13-26(15-18)20(29)9-8-17-5-2-3-6-17/h4,7,11,17-18H,2-3,5-6,8-10,12-15H2,1H3,(H,23,28). The van der Waals surface area contributed by atoms with Gasteiger partial charge in [-0.2, -0.15) is 5.10 Å². The summed E-state index contributed by atoms with van der Waals surface area (Å²) in [5.41, 5.74) is 1.88. The van der Waals surface area contributed by atoms with Crippen molar-refractivity contribution in [3.63, 3.8) is 0 Å². The third kappa shape index (κ3) is 4.60. The van der Waals surface area contributed by atoms with Crippen LogP contribution < -0.4 is 5.32 Å². The first-order chi connectivity index (χ1) is 14.1. The highest BCUT2D eigenvalue weighted by atomic mass is 16.2. The summed E-state index contributed by atoms with van der Waals surface area (Å²) in [6, 6.07) is 4.00. The van der Waals surface area contributed by atoms with Crippen molar-refractivity contribution < 1.29 is 9.59 Å². The third-order valence-electron chi connectivity index (χ3n) is 6.40.